The monoisotopic (exact) mass is 362 g/mol. The molecule has 2 saturated heterocycles. The second-order valence-corrected chi connectivity index (χ2v) is 8.42. The third-order valence-electron chi connectivity index (χ3n) is 6.05. The molecule has 0 aromatic carbocycles. The van der Waals surface area contributed by atoms with Gasteiger partial charge in [-0.15, -0.1) is 0 Å². The first kappa shape index (κ1) is 19.3. The van der Waals surface area contributed by atoms with Crippen LogP contribution in [0.1, 0.15) is 40.0 Å². The van der Waals surface area contributed by atoms with Crippen LogP contribution in [0.2, 0.25) is 0 Å². The molecule has 3 fully saturated rings. The zero-order valence-electron chi connectivity index (χ0n) is 16.2. The quantitative estimate of drug-likeness (QED) is 0.362. The molecule has 1 saturated carbocycles. The normalized spacial score (nSPS) is 39.7. The number of carbonyl (C=O) groups excluding carboxylic acids is 1. The minimum absolute atomic E-state index is 0.0334. The number of aliphatic hydroxyl groups excluding tert-OH is 1. The number of esters is 1. The van der Waals surface area contributed by atoms with Crippen LogP contribution in [0.15, 0.2) is 36.0 Å². The first-order valence-electron chi connectivity index (χ1n) is 9.32. The van der Waals surface area contributed by atoms with Crippen LogP contribution in [0.5, 0.6) is 0 Å². The van der Waals surface area contributed by atoms with Crippen molar-refractivity contribution in [3.63, 3.8) is 0 Å². The smallest absolute Gasteiger partial charge is 0.334 e. The number of hydrogen-bond acceptors (Lipinski definition) is 5. The van der Waals surface area contributed by atoms with Crippen LogP contribution in [0.25, 0.3) is 0 Å². The average Bonchev–Trinajstić information content (AvgIpc) is 3.25. The summed E-state index contributed by atoms with van der Waals surface area (Å²) in [5.41, 5.74) is 0.906. The van der Waals surface area contributed by atoms with Crippen molar-refractivity contribution >= 4 is 5.97 Å². The predicted octanol–water partition coefficient (Wildman–Crippen LogP) is 2.94. The second kappa shape index (κ2) is 6.95. The lowest BCUT2D eigenvalue weighted by Crippen LogP contribution is -2.35. The fourth-order valence-corrected chi connectivity index (χ4v) is 4.05. The molecule has 0 aromatic heterocycles. The summed E-state index contributed by atoms with van der Waals surface area (Å²) in [6, 6.07) is 0. The number of epoxide rings is 1. The van der Waals surface area contributed by atoms with Crippen molar-refractivity contribution in [2.24, 2.45) is 11.8 Å². The van der Waals surface area contributed by atoms with E-state index in [0.717, 1.165) is 18.4 Å². The molecule has 5 nitrogen and oxygen atoms in total. The highest BCUT2D eigenvalue weighted by molar-refractivity contribution is 5.90. The molecule has 1 N–H and O–H groups in total. The van der Waals surface area contributed by atoms with Gasteiger partial charge in [0.25, 0.3) is 0 Å². The molecule has 0 bridgehead atoms. The van der Waals surface area contributed by atoms with Crippen LogP contribution in [-0.2, 0) is 19.0 Å². The Morgan fingerprint density at radius 1 is 1.38 bits per heavy atom. The van der Waals surface area contributed by atoms with E-state index >= 15 is 0 Å². The number of carbonyl (C=O) groups is 1. The summed E-state index contributed by atoms with van der Waals surface area (Å²) in [6.07, 6.45) is 7.06. The van der Waals surface area contributed by atoms with Gasteiger partial charge in [0.05, 0.1) is 23.9 Å². The Morgan fingerprint density at radius 3 is 2.81 bits per heavy atom. The van der Waals surface area contributed by atoms with Crippen molar-refractivity contribution in [1.82, 2.24) is 0 Å². The lowest BCUT2D eigenvalue weighted by molar-refractivity contribution is -0.144. The standard InChI is InChI=1S/C21H30O5/c1-13-11-17(22)18-21(4,26-18)10-8-14-15(19(23)25-12-16(13)14)7-6-9-20(2,3)24-5/h6-7,9,14,16-18,22H,1,8,10-12H2,2-5H3/b9-6+,15-7+/t14-,16+,17-,18+,21+/m1/s1. The first-order chi connectivity index (χ1) is 12.2. The van der Waals surface area contributed by atoms with Crippen molar-refractivity contribution in [3.05, 3.63) is 36.0 Å². The molecule has 1 aliphatic carbocycles. The number of hydrogen-bond donors (Lipinski definition) is 1. The Morgan fingerprint density at radius 2 is 2.12 bits per heavy atom. The van der Waals surface area contributed by atoms with E-state index in [4.69, 9.17) is 14.2 Å². The average molecular weight is 362 g/mol. The molecule has 2 heterocycles. The fourth-order valence-electron chi connectivity index (χ4n) is 4.05. The summed E-state index contributed by atoms with van der Waals surface area (Å²) in [5, 5.41) is 10.4. The van der Waals surface area contributed by atoms with Crippen molar-refractivity contribution in [3.8, 4) is 0 Å². The molecule has 0 spiro atoms. The lowest BCUT2D eigenvalue weighted by Gasteiger charge is -2.34. The van der Waals surface area contributed by atoms with Gasteiger partial charge in [-0.2, -0.15) is 0 Å². The van der Waals surface area contributed by atoms with Crippen LogP contribution < -0.4 is 0 Å². The minimum Gasteiger partial charge on any atom is -0.462 e. The van der Waals surface area contributed by atoms with Gasteiger partial charge in [-0.25, -0.2) is 4.79 Å². The van der Waals surface area contributed by atoms with Gasteiger partial charge in [0.1, 0.15) is 6.10 Å². The van der Waals surface area contributed by atoms with Crippen molar-refractivity contribution in [2.45, 2.75) is 63.4 Å². The van der Waals surface area contributed by atoms with Crippen LogP contribution in [-0.4, -0.2) is 48.2 Å². The molecule has 0 amide bonds. The van der Waals surface area contributed by atoms with Gasteiger partial charge in [0.2, 0.25) is 0 Å². The van der Waals surface area contributed by atoms with E-state index < -0.39 is 11.7 Å². The number of methoxy groups -OCH3 is 1. The molecule has 0 unspecified atom stereocenters. The lowest BCUT2D eigenvalue weighted by atomic mass is 9.76. The van der Waals surface area contributed by atoms with E-state index in [1.165, 1.54) is 0 Å². The molecule has 0 radical (unpaired) electrons. The summed E-state index contributed by atoms with van der Waals surface area (Å²) in [5.74, 6) is -0.193. The molecule has 3 rings (SSSR count). The van der Waals surface area contributed by atoms with Crippen molar-refractivity contribution < 1.29 is 24.1 Å². The number of cyclic esters (lactones) is 1. The van der Waals surface area contributed by atoms with Gasteiger partial charge in [-0.1, -0.05) is 30.4 Å². The fraction of sp³-hybridized carbons (Fsp3) is 0.667. The molecule has 3 aliphatic rings. The highest BCUT2D eigenvalue weighted by Crippen LogP contribution is 2.49. The summed E-state index contributed by atoms with van der Waals surface area (Å²) in [6.45, 7) is 10.5. The summed E-state index contributed by atoms with van der Waals surface area (Å²) < 4.78 is 16.6. The summed E-state index contributed by atoms with van der Waals surface area (Å²) in [4.78, 5) is 12.4. The van der Waals surface area contributed by atoms with Crippen molar-refractivity contribution in [2.75, 3.05) is 13.7 Å². The highest BCUT2D eigenvalue weighted by atomic mass is 16.6. The van der Waals surface area contributed by atoms with Gasteiger partial charge in [-0.05, 0) is 40.0 Å². The van der Waals surface area contributed by atoms with Gasteiger partial charge in [0, 0.05) is 24.5 Å². The Hall–Kier alpha value is -1.43. The van der Waals surface area contributed by atoms with Gasteiger partial charge in [-0.3, -0.25) is 0 Å². The molecule has 2 aliphatic heterocycles. The number of rotatable bonds is 3. The van der Waals surface area contributed by atoms with Crippen LogP contribution in [0, 0.1) is 11.8 Å². The number of aliphatic hydroxyl groups is 1. The maximum absolute atomic E-state index is 12.4. The topological polar surface area (TPSA) is 68.3 Å². The van der Waals surface area contributed by atoms with E-state index in [0.29, 0.717) is 18.6 Å². The van der Waals surface area contributed by atoms with Gasteiger partial charge >= 0.3 is 5.97 Å². The Bertz CT molecular complexity index is 647. The van der Waals surface area contributed by atoms with E-state index in [2.05, 4.69) is 6.58 Å². The molecule has 5 atom stereocenters. The van der Waals surface area contributed by atoms with Gasteiger partial charge in [0.15, 0.2) is 0 Å². The zero-order valence-corrected chi connectivity index (χ0v) is 16.2. The van der Waals surface area contributed by atoms with E-state index in [9.17, 15) is 9.90 Å². The van der Waals surface area contributed by atoms with Crippen LogP contribution >= 0.6 is 0 Å². The van der Waals surface area contributed by atoms with E-state index in [1.807, 2.05) is 39.0 Å². The molecule has 0 aromatic rings. The van der Waals surface area contributed by atoms with E-state index in [-0.39, 0.29) is 29.5 Å². The third kappa shape index (κ3) is 3.80. The molecular weight excluding hydrogens is 332 g/mol. The molecule has 144 valence electrons. The van der Waals surface area contributed by atoms with E-state index in [1.54, 1.807) is 7.11 Å². The molecular formula is C21H30O5. The maximum atomic E-state index is 12.4. The number of ether oxygens (including phenoxy) is 3. The molecule has 5 heteroatoms. The summed E-state index contributed by atoms with van der Waals surface area (Å²) >= 11 is 0. The highest BCUT2D eigenvalue weighted by Gasteiger charge is 2.57. The molecule has 26 heavy (non-hydrogen) atoms. The third-order valence-corrected chi connectivity index (χ3v) is 6.05. The van der Waals surface area contributed by atoms with Gasteiger partial charge < -0.3 is 19.3 Å². The second-order valence-electron chi connectivity index (χ2n) is 8.42. The Balaban J connectivity index is 1.87. The minimum atomic E-state index is -0.543. The number of fused-ring (bicyclic) bond motifs is 2. The zero-order chi connectivity index (χ0) is 19.1. The summed E-state index contributed by atoms with van der Waals surface area (Å²) in [7, 11) is 1.66. The maximum Gasteiger partial charge on any atom is 0.334 e. The Labute approximate surface area is 155 Å². The van der Waals surface area contributed by atoms with Crippen molar-refractivity contribution in [1.29, 1.82) is 0 Å². The predicted molar refractivity (Wildman–Crippen MR) is 98.5 cm³/mol. The Kier molecular flexibility index (Phi) is 5.17. The SMILES string of the molecule is C=C1C[C@@H](O)[C@@H]2O[C@@]2(C)CC[C@@H]2/C(=C\C=C\C(C)(C)OC)C(=O)OC[C@@H]12. The largest absolute Gasteiger partial charge is 0.462 e. The van der Waals surface area contributed by atoms with Crippen LogP contribution in [0.4, 0.5) is 0 Å². The number of allylic oxidation sites excluding steroid dienone is 2. The first-order valence-corrected chi connectivity index (χ1v) is 9.32. The van der Waals surface area contributed by atoms with Crippen LogP contribution in [0.3, 0.4) is 0 Å².